The van der Waals surface area contributed by atoms with E-state index in [1.807, 2.05) is 19.3 Å². The molecule has 2 rings (SSSR count). The third-order valence-corrected chi connectivity index (χ3v) is 2.53. The first kappa shape index (κ1) is 9.19. The summed E-state index contributed by atoms with van der Waals surface area (Å²) in [5, 5.41) is 0. The zero-order valence-corrected chi connectivity index (χ0v) is 8.91. The summed E-state index contributed by atoms with van der Waals surface area (Å²) in [5.74, 6) is 1.13. The van der Waals surface area contributed by atoms with Crippen molar-refractivity contribution in [2.24, 2.45) is 7.05 Å². The van der Waals surface area contributed by atoms with E-state index in [9.17, 15) is 0 Å². The van der Waals surface area contributed by atoms with Crippen molar-refractivity contribution in [3.05, 3.63) is 23.7 Å². The average molecular weight is 189 g/mol. The van der Waals surface area contributed by atoms with Crippen LogP contribution in [0.3, 0.4) is 0 Å². The van der Waals surface area contributed by atoms with E-state index in [0.717, 1.165) is 29.8 Å². The number of fused-ring (bicyclic) bond motifs is 1. The molecule has 0 aliphatic rings. The molecule has 14 heavy (non-hydrogen) atoms. The van der Waals surface area contributed by atoms with Crippen molar-refractivity contribution in [2.45, 2.75) is 26.7 Å². The lowest BCUT2D eigenvalue weighted by Gasteiger charge is -1.98. The highest BCUT2D eigenvalue weighted by Gasteiger charge is 2.08. The minimum absolute atomic E-state index is 0.994. The number of aromatic nitrogens is 3. The predicted molar refractivity (Wildman–Crippen MR) is 57.2 cm³/mol. The van der Waals surface area contributed by atoms with Crippen LogP contribution in [0.15, 0.2) is 12.3 Å². The van der Waals surface area contributed by atoms with E-state index in [-0.39, 0.29) is 0 Å². The zero-order valence-electron chi connectivity index (χ0n) is 8.91. The largest absolute Gasteiger partial charge is 0.316 e. The van der Waals surface area contributed by atoms with E-state index >= 15 is 0 Å². The number of aryl methyl sites for hydroxylation is 3. The van der Waals surface area contributed by atoms with Crippen molar-refractivity contribution in [1.82, 2.24) is 14.5 Å². The van der Waals surface area contributed by atoms with E-state index < -0.39 is 0 Å². The van der Waals surface area contributed by atoms with Crippen molar-refractivity contribution in [1.29, 1.82) is 0 Å². The standard InChI is InChI=1S/C11H15N3/c1-4-5-9-13-10-8(2)6-7-12-11(10)14(9)3/h6-7H,4-5H2,1-3H3. The van der Waals surface area contributed by atoms with Crippen LogP contribution < -0.4 is 0 Å². The zero-order chi connectivity index (χ0) is 10.1. The fraction of sp³-hybridized carbons (Fsp3) is 0.455. The Bertz CT molecular complexity index is 457. The Morgan fingerprint density at radius 2 is 2.21 bits per heavy atom. The Hall–Kier alpha value is -1.38. The van der Waals surface area contributed by atoms with Crippen LogP contribution >= 0.6 is 0 Å². The van der Waals surface area contributed by atoms with Crippen LogP contribution in [-0.4, -0.2) is 14.5 Å². The molecule has 0 aromatic carbocycles. The number of imidazole rings is 1. The summed E-state index contributed by atoms with van der Waals surface area (Å²) in [6, 6.07) is 2.01. The van der Waals surface area contributed by atoms with Gasteiger partial charge in [0.25, 0.3) is 0 Å². The molecule has 0 spiro atoms. The van der Waals surface area contributed by atoms with Crippen LogP contribution in [0.2, 0.25) is 0 Å². The van der Waals surface area contributed by atoms with Gasteiger partial charge in [-0.2, -0.15) is 0 Å². The molecular formula is C11H15N3. The quantitative estimate of drug-likeness (QED) is 0.725. The molecule has 0 amide bonds. The Labute approximate surface area is 83.8 Å². The molecule has 74 valence electrons. The highest BCUT2D eigenvalue weighted by atomic mass is 15.1. The third-order valence-electron chi connectivity index (χ3n) is 2.53. The first-order chi connectivity index (χ1) is 6.74. The van der Waals surface area contributed by atoms with Gasteiger partial charge in [-0.25, -0.2) is 9.97 Å². The second-order valence-electron chi connectivity index (χ2n) is 3.64. The van der Waals surface area contributed by atoms with Crippen molar-refractivity contribution in [3.8, 4) is 0 Å². The van der Waals surface area contributed by atoms with Crippen molar-refractivity contribution < 1.29 is 0 Å². The first-order valence-corrected chi connectivity index (χ1v) is 5.01. The summed E-state index contributed by atoms with van der Waals surface area (Å²) in [4.78, 5) is 8.95. The van der Waals surface area contributed by atoms with Gasteiger partial charge in [0, 0.05) is 19.7 Å². The number of nitrogens with zero attached hydrogens (tertiary/aromatic N) is 3. The molecule has 0 aliphatic heterocycles. The molecule has 0 fully saturated rings. The molecular weight excluding hydrogens is 174 g/mol. The van der Waals surface area contributed by atoms with Gasteiger partial charge in [-0.15, -0.1) is 0 Å². The van der Waals surface area contributed by atoms with Gasteiger partial charge in [0.05, 0.1) is 0 Å². The third kappa shape index (κ3) is 1.29. The lowest BCUT2D eigenvalue weighted by Crippen LogP contribution is -1.97. The summed E-state index contributed by atoms with van der Waals surface area (Å²) in [6.07, 6.45) is 3.98. The minimum Gasteiger partial charge on any atom is -0.316 e. The smallest absolute Gasteiger partial charge is 0.159 e. The predicted octanol–water partition coefficient (Wildman–Crippen LogP) is 2.23. The Morgan fingerprint density at radius 1 is 1.43 bits per heavy atom. The van der Waals surface area contributed by atoms with Crippen LogP contribution in [0.1, 0.15) is 24.7 Å². The maximum absolute atomic E-state index is 4.60. The Morgan fingerprint density at radius 3 is 2.86 bits per heavy atom. The fourth-order valence-electron chi connectivity index (χ4n) is 1.69. The summed E-state index contributed by atoms with van der Waals surface area (Å²) in [5.41, 5.74) is 3.24. The van der Waals surface area contributed by atoms with E-state index in [2.05, 4.69) is 28.4 Å². The van der Waals surface area contributed by atoms with Crippen LogP contribution in [0.4, 0.5) is 0 Å². The Kier molecular flexibility index (Phi) is 2.23. The van der Waals surface area contributed by atoms with Gasteiger partial charge in [0.15, 0.2) is 5.65 Å². The second kappa shape index (κ2) is 3.40. The van der Waals surface area contributed by atoms with E-state index in [1.54, 1.807) is 0 Å². The maximum atomic E-state index is 4.60. The van der Waals surface area contributed by atoms with E-state index in [1.165, 1.54) is 5.56 Å². The molecule has 2 heterocycles. The maximum Gasteiger partial charge on any atom is 0.159 e. The van der Waals surface area contributed by atoms with Gasteiger partial charge < -0.3 is 4.57 Å². The van der Waals surface area contributed by atoms with Crippen molar-refractivity contribution in [3.63, 3.8) is 0 Å². The summed E-state index contributed by atoms with van der Waals surface area (Å²) in [7, 11) is 2.03. The topological polar surface area (TPSA) is 30.7 Å². The average Bonchev–Trinajstić information content (AvgIpc) is 2.48. The van der Waals surface area contributed by atoms with Gasteiger partial charge in [0.2, 0.25) is 0 Å². The molecule has 0 bridgehead atoms. The van der Waals surface area contributed by atoms with Crippen molar-refractivity contribution >= 4 is 11.2 Å². The van der Waals surface area contributed by atoms with Gasteiger partial charge in [-0.1, -0.05) is 6.92 Å². The molecule has 3 nitrogen and oxygen atoms in total. The molecule has 2 aromatic heterocycles. The van der Waals surface area contributed by atoms with E-state index in [4.69, 9.17) is 0 Å². The van der Waals surface area contributed by atoms with Gasteiger partial charge in [-0.3, -0.25) is 0 Å². The molecule has 0 radical (unpaired) electrons. The molecule has 0 N–H and O–H groups in total. The van der Waals surface area contributed by atoms with Crippen LogP contribution in [-0.2, 0) is 13.5 Å². The lowest BCUT2D eigenvalue weighted by atomic mass is 10.3. The molecule has 2 aromatic rings. The SMILES string of the molecule is CCCc1nc2c(C)ccnc2n1C. The number of pyridine rings is 1. The molecule has 0 atom stereocenters. The van der Waals surface area contributed by atoms with Crippen LogP contribution in [0.25, 0.3) is 11.2 Å². The number of hydrogen-bond acceptors (Lipinski definition) is 2. The molecule has 0 saturated carbocycles. The highest BCUT2D eigenvalue weighted by molar-refractivity contribution is 5.75. The number of rotatable bonds is 2. The monoisotopic (exact) mass is 189 g/mol. The summed E-state index contributed by atoms with van der Waals surface area (Å²) in [6.45, 7) is 4.24. The molecule has 0 unspecified atom stereocenters. The summed E-state index contributed by atoms with van der Waals surface area (Å²) < 4.78 is 2.09. The first-order valence-electron chi connectivity index (χ1n) is 5.01. The lowest BCUT2D eigenvalue weighted by molar-refractivity contribution is 0.768. The van der Waals surface area contributed by atoms with Gasteiger partial charge in [0.1, 0.15) is 11.3 Å². The molecule has 0 saturated heterocycles. The minimum atomic E-state index is 0.994. The highest BCUT2D eigenvalue weighted by Crippen LogP contribution is 2.16. The fourth-order valence-corrected chi connectivity index (χ4v) is 1.69. The number of hydrogen-bond donors (Lipinski definition) is 0. The van der Waals surface area contributed by atoms with Crippen LogP contribution in [0, 0.1) is 6.92 Å². The second-order valence-corrected chi connectivity index (χ2v) is 3.64. The molecule has 3 heteroatoms. The van der Waals surface area contributed by atoms with Crippen LogP contribution in [0.5, 0.6) is 0 Å². The van der Waals surface area contributed by atoms with Gasteiger partial charge >= 0.3 is 0 Å². The Balaban J connectivity index is 2.67. The molecule has 0 aliphatic carbocycles. The normalized spacial score (nSPS) is 11.1. The van der Waals surface area contributed by atoms with Gasteiger partial charge in [-0.05, 0) is 25.0 Å². The van der Waals surface area contributed by atoms with Crippen molar-refractivity contribution in [2.75, 3.05) is 0 Å². The summed E-state index contributed by atoms with van der Waals surface area (Å²) >= 11 is 0. The van der Waals surface area contributed by atoms with E-state index in [0.29, 0.717) is 0 Å².